The lowest BCUT2D eigenvalue weighted by Gasteiger charge is -2.25. The second kappa shape index (κ2) is 4.89. The number of hydrogen-bond donors (Lipinski definition) is 2. The second-order valence-electron chi connectivity index (χ2n) is 4.17. The Morgan fingerprint density at radius 1 is 1.31 bits per heavy atom. The van der Waals surface area contributed by atoms with E-state index in [0.29, 0.717) is 5.56 Å². The first kappa shape index (κ1) is 11.5. The lowest BCUT2D eigenvalue weighted by atomic mass is 9.88. The number of piperidine rings is 1. The van der Waals surface area contributed by atoms with Gasteiger partial charge in [0.1, 0.15) is 0 Å². The third kappa shape index (κ3) is 2.23. The van der Waals surface area contributed by atoms with E-state index in [9.17, 15) is 8.78 Å². The number of rotatable bonds is 2. The SMILES string of the molecule is OCc1cc(F)c(F)cc1C1CCCNC1. The van der Waals surface area contributed by atoms with Crippen LogP contribution in [0.2, 0.25) is 0 Å². The quantitative estimate of drug-likeness (QED) is 0.809. The average Bonchev–Trinajstić information content (AvgIpc) is 2.33. The highest BCUT2D eigenvalue weighted by molar-refractivity contribution is 5.32. The molecule has 16 heavy (non-hydrogen) atoms. The van der Waals surface area contributed by atoms with Crippen LogP contribution in [0.15, 0.2) is 12.1 Å². The smallest absolute Gasteiger partial charge is 0.159 e. The predicted molar refractivity (Wildman–Crippen MR) is 57.1 cm³/mol. The van der Waals surface area contributed by atoms with Crippen LogP contribution in [0.25, 0.3) is 0 Å². The molecule has 2 N–H and O–H groups in total. The topological polar surface area (TPSA) is 32.3 Å². The molecule has 1 aliphatic heterocycles. The summed E-state index contributed by atoms with van der Waals surface area (Å²) in [6, 6.07) is 2.32. The van der Waals surface area contributed by atoms with Gasteiger partial charge in [0.05, 0.1) is 6.61 Å². The van der Waals surface area contributed by atoms with Crippen molar-refractivity contribution < 1.29 is 13.9 Å². The van der Waals surface area contributed by atoms with Gasteiger partial charge in [0.2, 0.25) is 0 Å². The van der Waals surface area contributed by atoms with Crippen LogP contribution in [0.5, 0.6) is 0 Å². The van der Waals surface area contributed by atoms with E-state index in [-0.39, 0.29) is 12.5 Å². The van der Waals surface area contributed by atoms with Crippen LogP contribution < -0.4 is 5.32 Å². The van der Waals surface area contributed by atoms with Gasteiger partial charge in [-0.2, -0.15) is 0 Å². The van der Waals surface area contributed by atoms with Crippen molar-refractivity contribution >= 4 is 0 Å². The van der Waals surface area contributed by atoms with Crippen molar-refractivity contribution in [1.82, 2.24) is 5.32 Å². The fraction of sp³-hybridized carbons (Fsp3) is 0.500. The first-order valence-electron chi connectivity index (χ1n) is 5.51. The summed E-state index contributed by atoms with van der Waals surface area (Å²) in [6.45, 7) is 1.48. The molecule has 1 aromatic carbocycles. The van der Waals surface area contributed by atoms with Gasteiger partial charge >= 0.3 is 0 Å². The fourth-order valence-corrected chi connectivity index (χ4v) is 2.24. The van der Waals surface area contributed by atoms with Crippen molar-refractivity contribution in [2.45, 2.75) is 25.4 Å². The molecule has 1 aromatic rings. The molecule has 0 aliphatic carbocycles. The molecule has 2 rings (SSSR count). The third-order valence-electron chi connectivity index (χ3n) is 3.09. The molecular weight excluding hydrogens is 212 g/mol. The van der Waals surface area contributed by atoms with Crippen LogP contribution in [0.3, 0.4) is 0 Å². The van der Waals surface area contributed by atoms with E-state index in [1.54, 1.807) is 0 Å². The maximum absolute atomic E-state index is 13.2. The second-order valence-corrected chi connectivity index (χ2v) is 4.17. The van der Waals surface area contributed by atoms with Crippen molar-refractivity contribution in [2.75, 3.05) is 13.1 Å². The van der Waals surface area contributed by atoms with E-state index in [4.69, 9.17) is 5.11 Å². The molecule has 1 saturated heterocycles. The molecule has 0 bridgehead atoms. The summed E-state index contributed by atoms with van der Waals surface area (Å²) in [4.78, 5) is 0. The molecule has 0 amide bonds. The van der Waals surface area contributed by atoms with E-state index in [2.05, 4.69) is 5.32 Å². The van der Waals surface area contributed by atoms with Gasteiger partial charge in [-0.1, -0.05) is 0 Å². The number of nitrogens with one attached hydrogen (secondary N) is 1. The first-order chi connectivity index (χ1) is 7.72. The number of hydrogen-bond acceptors (Lipinski definition) is 2. The molecular formula is C12H15F2NO. The Morgan fingerprint density at radius 2 is 2.06 bits per heavy atom. The molecule has 1 heterocycles. The molecule has 1 aliphatic rings. The number of halogens is 2. The Kier molecular flexibility index (Phi) is 3.51. The zero-order valence-electron chi connectivity index (χ0n) is 8.97. The monoisotopic (exact) mass is 227 g/mol. The van der Waals surface area contributed by atoms with Crippen LogP contribution in [-0.2, 0) is 6.61 Å². The average molecular weight is 227 g/mol. The zero-order chi connectivity index (χ0) is 11.5. The molecule has 88 valence electrons. The van der Waals surface area contributed by atoms with E-state index >= 15 is 0 Å². The van der Waals surface area contributed by atoms with Gasteiger partial charge < -0.3 is 10.4 Å². The van der Waals surface area contributed by atoms with Crippen LogP contribution in [0, 0.1) is 11.6 Å². The highest BCUT2D eigenvalue weighted by Crippen LogP contribution is 2.28. The highest BCUT2D eigenvalue weighted by atomic mass is 19.2. The molecule has 2 nitrogen and oxygen atoms in total. The Bertz CT molecular complexity index is 376. The van der Waals surface area contributed by atoms with E-state index in [0.717, 1.165) is 37.6 Å². The van der Waals surface area contributed by atoms with Gasteiger partial charge in [0, 0.05) is 6.54 Å². The van der Waals surface area contributed by atoms with Gasteiger partial charge in [0.15, 0.2) is 11.6 Å². The third-order valence-corrected chi connectivity index (χ3v) is 3.09. The van der Waals surface area contributed by atoms with E-state index in [1.807, 2.05) is 0 Å². The molecule has 1 unspecified atom stereocenters. The summed E-state index contributed by atoms with van der Waals surface area (Å²) in [5, 5.41) is 12.4. The normalized spacial score (nSPS) is 21.1. The molecule has 4 heteroatoms. The van der Waals surface area contributed by atoms with Crippen molar-refractivity contribution in [3.63, 3.8) is 0 Å². The number of aliphatic hydroxyl groups is 1. The molecule has 0 saturated carbocycles. The van der Waals surface area contributed by atoms with Crippen LogP contribution in [0.1, 0.15) is 29.9 Å². The molecule has 1 atom stereocenters. The van der Waals surface area contributed by atoms with Gasteiger partial charge in [-0.3, -0.25) is 0 Å². The van der Waals surface area contributed by atoms with Crippen LogP contribution in [0.4, 0.5) is 8.78 Å². The lowest BCUT2D eigenvalue weighted by molar-refractivity contribution is 0.277. The standard InChI is InChI=1S/C12H15F2NO/c13-11-4-9(7-16)10(5-12(11)14)8-2-1-3-15-6-8/h4-5,8,15-16H,1-3,6-7H2. The summed E-state index contributed by atoms with van der Waals surface area (Å²) in [6.07, 6.45) is 1.97. The molecule has 0 spiro atoms. The number of benzene rings is 1. The molecule has 1 fully saturated rings. The van der Waals surface area contributed by atoms with E-state index in [1.165, 1.54) is 6.07 Å². The van der Waals surface area contributed by atoms with Gasteiger partial charge in [-0.15, -0.1) is 0 Å². The van der Waals surface area contributed by atoms with Gasteiger partial charge in [-0.25, -0.2) is 8.78 Å². The Hall–Kier alpha value is -1.00. The van der Waals surface area contributed by atoms with Crippen molar-refractivity contribution in [1.29, 1.82) is 0 Å². The fourth-order valence-electron chi connectivity index (χ4n) is 2.24. The largest absolute Gasteiger partial charge is 0.392 e. The summed E-state index contributed by atoms with van der Waals surface area (Å²) < 4.78 is 26.2. The summed E-state index contributed by atoms with van der Waals surface area (Å²) >= 11 is 0. The minimum atomic E-state index is -0.892. The zero-order valence-corrected chi connectivity index (χ0v) is 8.97. The Labute approximate surface area is 93.3 Å². The summed E-state index contributed by atoms with van der Waals surface area (Å²) in [7, 11) is 0. The number of aliphatic hydroxyl groups excluding tert-OH is 1. The maximum atomic E-state index is 13.2. The van der Waals surface area contributed by atoms with Crippen molar-refractivity contribution in [2.24, 2.45) is 0 Å². The van der Waals surface area contributed by atoms with Gasteiger partial charge in [-0.05, 0) is 48.6 Å². The van der Waals surface area contributed by atoms with Crippen molar-refractivity contribution in [3.05, 3.63) is 34.9 Å². The maximum Gasteiger partial charge on any atom is 0.159 e. The first-order valence-corrected chi connectivity index (χ1v) is 5.51. The molecule has 0 radical (unpaired) electrons. The lowest BCUT2D eigenvalue weighted by Crippen LogP contribution is -2.29. The summed E-state index contributed by atoms with van der Waals surface area (Å²) in [5.74, 6) is -1.56. The van der Waals surface area contributed by atoms with E-state index < -0.39 is 11.6 Å². The van der Waals surface area contributed by atoms with Gasteiger partial charge in [0.25, 0.3) is 0 Å². The van der Waals surface area contributed by atoms with Crippen LogP contribution >= 0.6 is 0 Å². The Balaban J connectivity index is 2.33. The van der Waals surface area contributed by atoms with Crippen molar-refractivity contribution in [3.8, 4) is 0 Å². The highest BCUT2D eigenvalue weighted by Gasteiger charge is 2.20. The minimum Gasteiger partial charge on any atom is -0.392 e. The summed E-state index contributed by atoms with van der Waals surface area (Å²) in [5.41, 5.74) is 1.22. The Morgan fingerprint density at radius 3 is 2.69 bits per heavy atom. The minimum absolute atomic E-state index is 0.172. The molecule has 0 aromatic heterocycles. The predicted octanol–water partition coefficient (Wildman–Crippen LogP) is 1.92. The van der Waals surface area contributed by atoms with Crippen LogP contribution in [-0.4, -0.2) is 18.2 Å².